The number of amides is 2. The standard InChI is InChI=1S/C30H32ClN3O4/c1-37-22-16-12-20(13-17-22)28-27(29(35)33-38-18-19-10-14-21(31)15-11-19)23-6-2-3-7-24(23)30(36)34(28)26-9-5-4-8-25(26)32/h2-3,6-7,10-17,25-28H,4-5,8-9,18,32H2,1H3,(H,33,35). The number of nitrogens with one attached hydrogen (secondary N) is 1. The van der Waals surface area contributed by atoms with E-state index in [1.165, 1.54) is 0 Å². The molecule has 0 spiro atoms. The Bertz CT molecular complexity index is 1280. The van der Waals surface area contributed by atoms with E-state index < -0.39 is 12.0 Å². The predicted octanol–water partition coefficient (Wildman–Crippen LogP) is 5.15. The number of halogens is 1. The molecule has 0 bridgehead atoms. The van der Waals surface area contributed by atoms with Crippen molar-refractivity contribution < 1.29 is 19.2 Å². The van der Waals surface area contributed by atoms with Gasteiger partial charge < -0.3 is 15.4 Å². The van der Waals surface area contributed by atoms with Gasteiger partial charge >= 0.3 is 0 Å². The summed E-state index contributed by atoms with van der Waals surface area (Å²) >= 11 is 5.98. The molecule has 3 aromatic rings. The first-order valence-electron chi connectivity index (χ1n) is 12.9. The molecule has 4 unspecified atom stereocenters. The van der Waals surface area contributed by atoms with Crippen molar-refractivity contribution >= 4 is 23.4 Å². The minimum Gasteiger partial charge on any atom is -0.497 e. The van der Waals surface area contributed by atoms with Crippen LogP contribution in [0.5, 0.6) is 5.75 Å². The van der Waals surface area contributed by atoms with E-state index in [-0.39, 0.29) is 30.5 Å². The summed E-state index contributed by atoms with van der Waals surface area (Å²) in [7, 11) is 1.61. The molecule has 198 valence electrons. The van der Waals surface area contributed by atoms with Crippen LogP contribution in [-0.2, 0) is 16.2 Å². The summed E-state index contributed by atoms with van der Waals surface area (Å²) in [6, 6.07) is 21.2. The second-order valence-electron chi connectivity index (χ2n) is 9.89. The van der Waals surface area contributed by atoms with Gasteiger partial charge in [0.25, 0.3) is 11.8 Å². The van der Waals surface area contributed by atoms with Gasteiger partial charge in [-0.2, -0.15) is 0 Å². The van der Waals surface area contributed by atoms with Gasteiger partial charge in [0.05, 0.1) is 25.7 Å². The van der Waals surface area contributed by atoms with Gasteiger partial charge in [0, 0.05) is 22.7 Å². The van der Waals surface area contributed by atoms with Crippen molar-refractivity contribution in [1.82, 2.24) is 10.4 Å². The van der Waals surface area contributed by atoms with Gasteiger partial charge in [-0.25, -0.2) is 5.48 Å². The van der Waals surface area contributed by atoms with Crippen LogP contribution in [0.3, 0.4) is 0 Å². The number of carbonyl (C=O) groups excluding carboxylic acids is 2. The fraction of sp³-hybridized carbons (Fsp3) is 0.333. The van der Waals surface area contributed by atoms with E-state index in [0.29, 0.717) is 21.9 Å². The van der Waals surface area contributed by atoms with Crippen molar-refractivity contribution in [2.24, 2.45) is 5.73 Å². The van der Waals surface area contributed by atoms with Crippen molar-refractivity contribution in [1.29, 1.82) is 0 Å². The van der Waals surface area contributed by atoms with Gasteiger partial charge in [-0.1, -0.05) is 66.9 Å². The monoisotopic (exact) mass is 533 g/mol. The number of hydroxylamine groups is 1. The van der Waals surface area contributed by atoms with Gasteiger partial charge in [-0.05, 0) is 59.9 Å². The number of hydrogen-bond acceptors (Lipinski definition) is 5. The molecule has 7 nitrogen and oxygen atoms in total. The highest BCUT2D eigenvalue weighted by Gasteiger charge is 2.48. The van der Waals surface area contributed by atoms with E-state index in [0.717, 1.165) is 36.8 Å². The molecule has 1 fully saturated rings. The fourth-order valence-electron chi connectivity index (χ4n) is 5.67. The second-order valence-corrected chi connectivity index (χ2v) is 10.3. The number of nitrogens with two attached hydrogens (primary N) is 1. The average molecular weight is 534 g/mol. The number of ether oxygens (including phenoxy) is 1. The number of benzene rings is 3. The Balaban J connectivity index is 1.53. The lowest BCUT2D eigenvalue weighted by molar-refractivity contribution is -0.138. The zero-order valence-corrected chi connectivity index (χ0v) is 22.1. The number of hydrogen-bond donors (Lipinski definition) is 2. The van der Waals surface area contributed by atoms with E-state index in [2.05, 4.69) is 5.48 Å². The van der Waals surface area contributed by atoms with Crippen LogP contribution in [0.4, 0.5) is 0 Å². The summed E-state index contributed by atoms with van der Waals surface area (Å²) in [6.07, 6.45) is 3.65. The quantitative estimate of drug-likeness (QED) is 0.410. The highest BCUT2D eigenvalue weighted by atomic mass is 35.5. The maximum atomic E-state index is 14.0. The lowest BCUT2D eigenvalue weighted by Gasteiger charge is -2.48. The van der Waals surface area contributed by atoms with Gasteiger partial charge in [0.15, 0.2) is 0 Å². The molecule has 1 heterocycles. The normalized spacial score (nSPS) is 23.0. The van der Waals surface area contributed by atoms with Crippen LogP contribution in [0.25, 0.3) is 0 Å². The maximum Gasteiger partial charge on any atom is 0.255 e. The highest BCUT2D eigenvalue weighted by Crippen LogP contribution is 2.46. The Morgan fingerprint density at radius 1 is 1.03 bits per heavy atom. The highest BCUT2D eigenvalue weighted by molar-refractivity contribution is 6.30. The number of carbonyl (C=O) groups is 2. The first-order valence-corrected chi connectivity index (χ1v) is 13.3. The molecule has 1 saturated carbocycles. The van der Waals surface area contributed by atoms with Crippen LogP contribution < -0.4 is 16.0 Å². The molecular weight excluding hydrogens is 502 g/mol. The van der Waals surface area contributed by atoms with Gasteiger partial charge in [0.2, 0.25) is 0 Å². The largest absolute Gasteiger partial charge is 0.497 e. The Labute approximate surface area is 227 Å². The van der Waals surface area contributed by atoms with Crippen LogP contribution in [0.2, 0.25) is 5.02 Å². The average Bonchev–Trinajstić information content (AvgIpc) is 2.94. The first kappa shape index (κ1) is 26.2. The van der Waals surface area contributed by atoms with E-state index in [9.17, 15) is 9.59 Å². The number of fused-ring (bicyclic) bond motifs is 1. The van der Waals surface area contributed by atoms with E-state index in [1.807, 2.05) is 59.5 Å². The molecule has 0 aromatic heterocycles. The molecule has 0 saturated heterocycles. The van der Waals surface area contributed by atoms with Crippen molar-refractivity contribution in [2.75, 3.05) is 7.11 Å². The van der Waals surface area contributed by atoms with Gasteiger partial charge in [-0.15, -0.1) is 0 Å². The van der Waals surface area contributed by atoms with E-state index in [4.69, 9.17) is 26.9 Å². The topological polar surface area (TPSA) is 93.9 Å². The zero-order valence-electron chi connectivity index (χ0n) is 21.3. The molecule has 1 aliphatic heterocycles. The summed E-state index contributed by atoms with van der Waals surface area (Å²) in [4.78, 5) is 35.4. The van der Waals surface area contributed by atoms with Crippen LogP contribution in [-0.4, -0.2) is 35.9 Å². The predicted molar refractivity (Wildman–Crippen MR) is 146 cm³/mol. The first-order chi connectivity index (χ1) is 18.5. The molecule has 3 N–H and O–H groups in total. The van der Waals surface area contributed by atoms with Crippen molar-refractivity contribution in [3.63, 3.8) is 0 Å². The molecule has 2 amide bonds. The molecular formula is C30H32ClN3O4. The number of rotatable bonds is 7. The summed E-state index contributed by atoms with van der Waals surface area (Å²) in [5, 5.41) is 0.629. The fourth-order valence-corrected chi connectivity index (χ4v) is 5.80. The Hall–Kier alpha value is -3.39. The molecule has 2 aliphatic rings. The van der Waals surface area contributed by atoms with Gasteiger partial charge in [-0.3, -0.25) is 14.4 Å². The molecule has 4 atom stereocenters. The summed E-state index contributed by atoms with van der Waals surface area (Å²) < 4.78 is 5.36. The van der Waals surface area contributed by atoms with Crippen molar-refractivity contribution in [3.05, 3.63) is 100 Å². The Morgan fingerprint density at radius 2 is 1.74 bits per heavy atom. The van der Waals surface area contributed by atoms with Crippen LogP contribution in [0, 0.1) is 0 Å². The van der Waals surface area contributed by atoms with Crippen LogP contribution >= 0.6 is 11.6 Å². The Kier molecular flexibility index (Phi) is 7.98. The molecule has 3 aromatic carbocycles. The minimum atomic E-state index is -0.698. The van der Waals surface area contributed by atoms with Crippen LogP contribution in [0.15, 0.2) is 72.8 Å². The van der Waals surface area contributed by atoms with Gasteiger partial charge in [0.1, 0.15) is 5.75 Å². The number of methoxy groups -OCH3 is 1. The zero-order chi connectivity index (χ0) is 26.6. The molecule has 38 heavy (non-hydrogen) atoms. The molecule has 0 radical (unpaired) electrons. The Morgan fingerprint density at radius 3 is 2.45 bits per heavy atom. The third kappa shape index (κ3) is 5.27. The second kappa shape index (κ2) is 11.6. The van der Waals surface area contributed by atoms with E-state index in [1.54, 1.807) is 25.3 Å². The smallest absolute Gasteiger partial charge is 0.255 e. The molecule has 1 aliphatic carbocycles. The summed E-state index contributed by atoms with van der Waals surface area (Å²) in [5.74, 6) is -0.426. The maximum absolute atomic E-state index is 14.0. The summed E-state index contributed by atoms with van der Waals surface area (Å²) in [5.41, 5.74) is 12.2. The third-order valence-corrected chi connectivity index (χ3v) is 7.83. The molecule has 5 rings (SSSR count). The summed E-state index contributed by atoms with van der Waals surface area (Å²) in [6.45, 7) is 0.181. The van der Waals surface area contributed by atoms with Crippen LogP contribution in [0.1, 0.15) is 64.7 Å². The van der Waals surface area contributed by atoms with Crippen molar-refractivity contribution in [2.45, 2.75) is 56.3 Å². The van der Waals surface area contributed by atoms with Crippen molar-refractivity contribution in [3.8, 4) is 5.75 Å². The third-order valence-electron chi connectivity index (χ3n) is 7.58. The lowest BCUT2D eigenvalue weighted by Crippen LogP contribution is -2.57. The minimum absolute atomic E-state index is 0.102. The number of nitrogens with zero attached hydrogens (tertiary/aromatic N) is 1. The molecule has 8 heteroatoms. The lowest BCUT2D eigenvalue weighted by atomic mass is 9.76. The van der Waals surface area contributed by atoms with E-state index >= 15 is 0 Å². The SMILES string of the molecule is COc1ccc(C2C(C(=O)NOCc3ccc(Cl)cc3)c3ccccc3C(=O)N2C2CCCCC2N)cc1.